The van der Waals surface area contributed by atoms with Crippen LogP contribution in [0.4, 0.5) is 0 Å². The van der Waals surface area contributed by atoms with Crippen molar-refractivity contribution >= 4 is 10.0 Å². The van der Waals surface area contributed by atoms with Crippen LogP contribution in [-0.2, 0) is 26.1 Å². The molecule has 4 rings (SSSR count). The molecule has 2 fully saturated rings. The van der Waals surface area contributed by atoms with Crippen LogP contribution >= 0.6 is 0 Å². The van der Waals surface area contributed by atoms with Gasteiger partial charge in [0.2, 0.25) is 10.0 Å². The van der Waals surface area contributed by atoms with Gasteiger partial charge in [0, 0.05) is 11.6 Å². The maximum absolute atomic E-state index is 13.9. The van der Waals surface area contributed by atoms with Crippen LogP contribution in [0.3, 0.4) is 0 Å². The minimum atomic E-state index is -3.60. The molecular weight excluding hydrogens is 446 g/mol. The molecule has 4 atom stereocenters. The summed E-state index contributed by atoms with van der Waals surface area (Å²) >= 11 is 0. The van der Waals surface area contributed by atoms with Gasteiger partial charge < -0.3 is 9.47 Å². The summed E-state index contributed by atoms with van der Waals surface area (Å²) in [7, 11) is -3.60. The number of piperidine rings is 1. The van der Waals surface area contributed by atoms with Crippen molar-refractivity contribution in [1.29, 1.82) is 0 Å². The van der Waals surface area contributed by atoms with Gasteiger partial charge in [-0.25, -0.2) is 8.42 Å². The lowest BCUT2D eigenvalue weighted by molar-refractivity contribution is -0.115. The summed E-state index contributed by atoms with van der Waals surface area (Å²) < 4.78 is 41.7. The van der Waals surface area contributed by atoms with Gasteiger partial charge in [0.05, 0.1) is 17.6 Å². The summed E-state index contributed by atoms with van der Waals surface area (Å²) in [5.74, 6) is 0.922. The number of rotatable bonds is 11. The van der Waals surface area contributed by atoms with Crippen molar-refractivity contribution < 1.29 is 17.9 Å². The zero-order valence-electron chi connectivity index (χ0n) is 21.1. The van der Waals surface area contributed by atoms with Crippen molar-refractivity contribution in [1.82, 2.24) is 4.31 Å². The molecule has 1 saturated heterocycles. The lowest BCUT2D eigenvalue weighted by Gasteiger charge is -2.37. The van der Waals surface area contributed by atoms with Crippen LogP contribution in [0.15, 0.2) is 59.5 Å². The van der Waals surface area contributed by atoms with Crippen molar-refractivity contribution in [2.45, 2.75) is 83.1 Å². The third kappa shape index (κ3) is 5.11. The van der Waals surface area contributed by atoms with Crippen LogP contribution in [-0.4, -0.2) is 37.2 Å². The lowest BCUT2D eigenvalue weighted by Crippen LogP contribution is -2.49. The molecule has 1 saturated carbocycles. The molecule has 2 aromatic rings. The van der Waals surface area contributed by atoms with E-state index >= 15 is 0 Å². The maximum atomic E-state index is 13.9. The second-order valence-electron chi connectivity index (χ2n) is 10.8. The van der Waals surface area contributed by atoms with E-state index in [4.69, 9.17) is 9.47 Å². The van der Waals surface area contributed by atoms with Gasteiger partial charge in [-0.3, -0.25) is 0 Å². The van der Waals surface area contributed by atoms with E-state index < -0.39 is 10.0 Å². The van der Waals surface area contributed by atoms with E-state index in [9.17, 15) is 8.42 Å². The predicted octanol–water partition coefficient (Wildman–Crippen LogP) is 5.78. The molecule has 0 N–H and O–H groups in total. The first-order valence-corrected chi connectivity index (χ1v) is 13.9. The van der Waals surface area contributed by atoms with Crippen LogP contribution in [0.2, 0.25) is 0 Å². The number of aryl methyl sites for hydroxylation is 1. The van der Waals surface area contributed by atoms with Crippen molar-refractivity contribution in [2.24, 2.45) is 17.8 Å². The Balaban J connectivity index is 1.50. The van der Waals surface area contributed by atoms with E-state index in [2.05, 4.69) is 27.7 Å². The SMILES string of the molecule is Cc1ccc(S(=O)(=O)N2C(C(C)C)C[C@@H]3C[C@@]32CC(OCOCc2ccccc2)C(C)C)cc1. The summed E-state index contributed by atoms with van der Waals surface area (Å²) in [6.07, 6.45) is 2.48. The Morgan fingerprint density at radius 3 is 2.32 bits per heavy atom. The molecule has 2 aliphatic rings. The van der Waals surface area contributed by atoms with Crippen molar-refractivity contribution in [3.63, 3.8) is 0 Å². The number of sulfonamides is 1. The van der Waals surface area contributed by atoms with Crippen LogP contribution in [0.1, 0.15) is 58.1 Å². The fourth-order valence-corrected chi connectivity index (χ4v) is 7.66. The van der Waals surface area contributed by atoms with E-state index in [1.165, 1.54) is 0 Å². The van der Waals surface area contributed by atoms with E-state index in [-0.39, 0.29) is 36.3 Å². The largest absolute Gasteiger partial charge is 0.352 e. The molecule has 1 aliphatic heterocycles. The van der Waals surface area contributed by atoms with Crippen molar-refractivity contribution in [3.05, 3.63) is 65.7 Å². The van der Waals surface area contributed by atoms with Gasteiger partial charge in [0.1, 0.15) is 6.79 Å². The first-order valence-electron chi connectivity index (χ1n) is 12.5. The highest BCUT2D eigenvalue weighted by molar-refractivity contribution is 7.89. The van der Waals surface area contributed by atoms with Crippen LogP contribution in [0.5, 0.6) is 0 Å². The topological polar surface area (TPSA) is 55.8 Å². The van der Waals surface area contributed by atoms with Gasteiger partial charge in [-0.15, -0.1) is 0 Å². The Bertz CT molecular complexity index is 1050. The summed E-state index contributed by atoms with van der Waals surface area (Å²) in [5, 5.41) is 0. The first kappa shape index (κ1) is 25.4. The monoisotopic (exact) mass is 485 g/mol. The van der Waals surface area contributed by atoms with E-state index in [1.807, 2.05) is 53.7 Å². The number of ether oxygens (including phenoxy) is 2. The molecule has 0 spiro atoms. The molecule has 0 amide bonds. The van der Waals surface area contributed by atoms with E-state index in [0.29, 0.717) is 23.8 Å². The number of fused-ring (bicyclic) bond motifs is 1. The zero-order chi connectivity index (χ0) is 24.5. The molecule has 2 unspecified atom stereocenters. The molecule has 0 aromatic heterocycles. The van der Waals surface area contributed by atoms with Gasteiger partial charge >= 0.3 is 0 Å². The van der Waals surface area contributed by atoms with E-state index in [1.54, 1.807) is 12.1 Å². The Kier molecular flexibility index (Phi) is 7.53. The minimum Gasteiger partial charge on any atom is -0.352 e. The third-order valence-electron chi connectivity index (χ3n) is 7.59. The molecule has 1 aliphatic carbocycles. The van der Waals surface area contributed by atoms with Gasteiger partial charge in [-0.2, -0.15) is 4.31 Å². The zero-order valence-corrected chi connectivity index (χ0v) is 21.9. The van der Waals surface area contributed by atoms with Gasteiger partial charge in [0.25, 0.3) is 0 Å². The lowest BCUT2D eigenvalue weighted by atomic mass is 9.97. The molecular formula is C28H39NO4S. The molecule has 34 heavy (non-hydrogen) atoms. The Hall–Kier alpha value is -1.73. The summed E-state index contributed by atoms with van der Waals surface area (Å²) in [4.78, 5) is 0.392. The third-order valence-corrected chi connectivity index (χ3v) is 9.61. The van der Waals surface area contributed by atoms with Crippen molar-refractivity contribution in [2.75, 3.05) is 6.79 Å². The Morgan fingerprint density at radius 2 is 1.71 bits per heavy atom. The quantitative estimate of drug-likeness (QED) is 0.299. The smallest absolute Gasteiger partial charge is 0.243 e. The van der Waals surface area contributed by atoms with Crippen LogP contribution in [0.25, 0.3) is 0 Å². The molecule has 186 valence electrons. The van der Waals surface area contributed by atoms with Crippen LogP contribution < -0.4 is 0 Å². The van der Waals surface area contributed by atoms with Gasteiger partial charge in [-0.1, -0.05) is 75.7 Å². The molecule has 2 aromatic carbocycles. The normalized spacial score (nSPS) is 25.6. The van der Waals surface area contributed by atoms with Gasteiger partial charge in [-0.05, 0) is 61.6 Å². The molecule has 0 bridgehead atoms. The maximum Gasteiger partial charge on any atom is 0.243 e. The highest BCUT2D eigenvalue weighted by Crippen LogP contribution is 2.63. The standard InChI is InChI=1S/C28H39NO4S/c1-20(2)26-15-24-16-28(24,29(26)34(30,31)25-13-11-22(5)12-14-25)17-27(21(3)4)33-19-32-18-23-9-7-6-8-10-23/h6-14,20-21,24,26-27H,15-19H2,1-5H3/t24-,26?,27?,28-/m1/s1. The number of benzene rings is 2. The average Bonchev–Trinajstić information content (AvgIpc) is 3.38. The predicted molar refractivity (Wildman–Crippen MR) is 135 cm³/mol. The van der Waals surface area contributed by atoms with Gasteiger partial charge in [0.15, 0.2) is 0 Å². The highest BCUT2D eigenvalue weighted by atomic mass is 32.2. The number of nitrogens with zero attached hydrogens (tertiary/aromatic N) is 1. The molecule has 5 nitrogen and oxygen atoms in total. The molecule has 1 heterocycles. The number of hydrogen-bond acceptors (Lipinski definition) is 4. The van der Waals surface area contributed by atoms with Crippen molar-refractivity contribution in [3.8, 4) is 0 Å². The first-order chi connectivity index (χ1) is 16.1. The summed E-state index contributed by atoms with van der Waals surface area (Å²) in [6, 6.07) is 17.3. The summed E-state index contributed by atoms with van der Waals surface area (Å²) in [5.41, 5.74) is 1.81. The second-order valence-corrected chi connectivity index (χ2v) is 12.6. The Labute approximate surface area is 205 Å². The molecule has 0 radical (unpaired) electrons. The van der Waals surface area contributed by atoms with Crippen LogP contribution in [0, 0.1) is 24.7 Å². The average molecular weight is 486 g/mol. The minimum absolute atomic E-state index is 0.0206. The fraction of sp³-hybridized carbons (Fsp3) is 0.571. The number of hydrogen-bond donors (Lipinski definition) is 0. The second kappa shape index (κ2) is 10.1. The fourth-order valence-electron chi connectivity index (χ4n) is 5.49. The summed E-state index contributed by atoms with van der Waals surface area (Å²) in [6.45, 7) is 11.2. The Morgan fingerprint density at radius 1 is 1.03 bits per heavy atom. The van der Waals surface area contributed by atoms with E-state index in [0.717, 1.165) is 24.0 Å². The molecule has 6 heteroatoms. The highest BCUT2D eigenvalue weighted by Gasteiger charge is 2.69.